The summed E-state index contributed by atoms with van der Waals surface area (Å²) in [6.45, 7) is 0.833. The molecule has 0 saturated carbocycles. The van der Waals surface area contributed by atoms with E-state index in [2.05, 4.69) is 5.32 Å². The number of benzene rings is 3. The number of anilines is 1. The maximum absolute atomic E-state index is 13.8. The van der Waals surface area contributed by atoms with Gasteiger partial charge >= 0.3 is 0 Å². The highest BCUT2D eigenvalue weighted by Gasteiger charge is 2.29. The van der Waals surface area contributed by atoms with Crippen LogP contribution < -0.4 is 5.32 Å². The molecule has 0 spiro atoms. The lowest BCUT2D eigenvalue weighted by Crippen LogP contribution is -2.41. The van der Waals surface area contributed by atoms with Crippen molar-refractivity contribution in [1.29, 1.82) is 0 Å². The summed E-state index contributed by atoms with van der Waals surface area (Å²) in [6.07, 6.45) is 0.886. The summed E-state index contributed by atoms with van der Waals surface area (Å²) >= 11 is 0. The Kier molecular flexibility index (Phi) is 5.25. The first-order chi connectivity index (χ1) is 14.0. The molecule has 3 aromatic carbocycles. The van der Waals surface area contributed by atoms with Crippen LogP contribution in [0.4, 0.5) is 14.5 Å². The van der Waals surface area contributed by atoms with E-state index in [0.717, 1.165) is 22.9 Å². The summed E-state index contributed by atoms with van der Waals surface area (Å²) in [4.78, 5) is 27.2. The van der Waals surface area contributed by atoms with Gasteiger partial charge in [-0.25, -0.2) is 8.78 Å². The molecule has 1 fully saturated rings. The zero-order valence-corrected chi connectivity index (χ0v) is 15.7. The number of rotatable bonds is 3. The minimum Gasteiger partial charge on any atom is -0.339 e. The largest absolute Gasteiger partial charge is 0.339 e. The number of likely N-dealkylation sites (tertiary alicyclic amines) is 1. The number of hydrogen-bond acceptors (Lipinski definition) is 2. The second-order valence-electron chi connectivity index (χ2n) is 7.18. The summed E-state index contributed by atoms with van der Waals surface area (Å²) in [7, 11) is 0. The highest BCUT2D eigenvalue weighted by Crippen LogP contribution is 2.25. The van der Waals surface area contributed by atoms with E-state index in [1.807, 2.05) is 42.5 Å². The van der Waals surface area contributed by atoms with E-state index in [1.165, 1.54) is 6.07 Å². The van der Waals surface area contributed by atoms with E-state index in [9.17, 15) is 18.4 Å². The number of nitrogens with zero attached hydrogens (tertiary/aromatic N) is 1. The van der Waals surface area contributed by atoms with Crippen molar-refractivity contribution < 1.29 is 18.4 Å². The lowest BCUT2D eigenvalue weighted by molar-refractivity contribution is -0.121. The standard InChI is InChI=1S/C23H20F2N2O2/c24-19-9-4-10-20(25)21(19)26-22(28)16-11-13-27(14-12-16)23(29)18-8-3-6-15-5-1-2-7-17(15)18/h1-10,16H,11-14H2,(H,26,28). The van der Waals surface area contributed by atoms with Crippen LogP contribution in [0.15, 0.2) is 60.7 Å². The number of fused-ring (bicyclic) bond motifs is 1. The zero-order valence-electron chi connectivity index (χ0n) is 15.7. The van der Waals surface area contributed by atoms with Gasteiger partial charge in [-0.15, -0.1) is 0 Å². The summed E-state index contributed by atoms with van der Waals surface area (Å²) in [6, 6.07) is 16.8. The third kappa shape index (κ3) is 3.83. The Morgan fingerprint density at radius 1 is 0.862 bits per heavy atom. The Morgan fingerprint density at radius 3 is 2.21 bits per heavy atom. The van der Waals surface area contributed by atoms with Crippen molar-refractivity contribution in [1.82, 2.24) is 4.90 Å². The Labute approximate surface area is 167 Å². The molecule has 6 heteroatoms. The van der Waals surface area contributed by atoms with E-state index >= 15 is 0 Å². The summed E-state index contributed by atoms with van der Waals surface area (Å²) < 4.78 is 27.5. The SMILES string of the molecule is O=C(Nc1c(F)cccc1F)C1CCN(C(=O)c2cccc3ccccc23)CC1. The van der Waals surface area contributed by atoms with E-state index in [4.69, 9.17) is 0 Å². The van der Waals surface area contributed by atoms with Crippen LogP contribution in [-0.2, 0) is 4.79 Å². The molecule has 0 aliphatic carbocycles. The Morgan fingerprint density at radius 2 is 1.48 bits per heavy atom. The summed E-state index contributed by atoms with van der Waals surface area (Å²) in [5, 5.41) is 4.25. The molecule has 2 amide bonds. The first kappa shape index (κ1) is 19.1. The Balaban J connectivity index is 1.42. The number of carbonyl (C=O) groups is 2. The van der Waals surface area contributed by atoms with Gasteiger partial charge in [0.25, 0.3) is 5.91 Å². The highest BCUT2D eigenvalue weighted by atomic mass is 19.1. The molecular weight excluding hydrogens is 374 g/mol. The van der Waals surface area contributed by atoms with E-state index in [1.54, 1.807) is 4.90 Å². The number of hydrogen-bond donors (Lipinski definition) is 1. The third-order valence-corrected chi connectivity index (χ3v) is 5.38. The van der Waals surface area contributed by atoms with Gasteiger partial charge in [-0.2, -0.15) is 0 Å². The highest BCUT2D eigenvalue weighted by molar-refractivity contribution is 6.07. The topological polar surface area (TPSA) is 49.4 Å². The van der Waals surface area contributed by atoms with Crippen LogP contribution in [0.3, 0.4) is 0 Å². The van der Waals surface area contributed by atoms with Crippen molar-refractivity contribution in [3.63, 3.8) is 0 Å². The fraction of sp³-hybridized carbons (Fsp3) is 0.217. The van der Waals surface area contributed by atoms with Crippen LogP contribution in [0.2, 0.25) is 0 Å². The number of carbonyl (C=O) groups excluding carboxylic acids is 2. The van der Waals surface area contributed by atoms with Crippen LogP contribution in [0.1, 0.15) is 23.2 Å². The molecule has 0 bridgehead atoms. The van der Waals surface area contributed by atoms with Crippen molar-refractivity contribution in [2.75, 3.05) is 18.4 Å². The third-order valence-electron chi connectivity index (χ3n) is 5.38. The molecule has 1 aliphatic rings. The Bertz CT molecular complexity index is 1050. The molecule has 3 aromatic rings. The smallest absolute Gasteiger partial charge is 0.254 e. The molecule has 4 nitrogen and oxygen atoms in total. The van der Waals surface area contributed by atoms with Crippen LogP contribution >= 0.6 is 0 Å². The van der Waals surface area contributed by atoms with Crippen LogP contribution in [0, 0.1) is 17.6 Å². The van der Waals surface area contributed by atoms with Crippen molar-refractivity contribution >= 4 is 28.3 Å². The normalized spacial score (nSPS) is 14.8. The molecule has 0 radical (unpaired) electrons. The molecule has 29 heavy (non-hydrogen) atoms. The molecular formula is C23H20F2N2O2. The summed E-state index contributed by atoms with van der Waals surface area (Å²) in [5.41, 5.74) is 0.214. The van der Waals surface area contributed by atoms with Gasteiger partial charge in [-0.05, 0) is 41.8 Å². The predicted octanol–water partition coefficient (Wildman–Crippen LogP) is 4.61. The van der Waals surface area contributed by atoms with Crippen molar-refractivity contribution in [3.05, 3.63) is 77.9 Å². The van der Waals surface area contributed by atoms with E-state index in [-0.39, 0.29) is 5.91 Å². The monoisotopic (exact) mass is 394 g/mol. The first-order valence-electron chi connectivity index (χ1n) is 9.56. The minimum atomic E-state index is -0.804. The van der Waals surface area contributed by atoms with Crippen LogP contribution in [0.5, 0.6) is 0 Å². The minimum absolute atomic E-state index is 0.0687. The van der Waals surface area contributed by atoms with Crippen molar-refractivity contribution in [2.24, 2.45) is 5.92 Å². The molecule has 4 rings (SSSR count). The predicted molar refractivity (Wildman–Crippen MR) is 108 cm³/mol. The van der Waals surface area contributed by atoms with Gasteiger partial charge in [0.05, 0.1) is 0 Å². The molecule has 1 aliphatic heterocycles. The number of halogens is 2. The molecule has 148 valence electrons. The number of piperidine rings is 1. The zero-order chi connectivity index (χ0) is 20.4. The number of para-hydroxylation sites is 1. The molecule has 1 N–H and O–H groups in total. The molecule has 0 unspecified atom stereocenters. The lowest BCUT2D eigenvalue weighted by Gasteiger charge is -2.31. The van der Waals surface area contributed by atoms with Crippen molar-refractivity contribution in [2.45, 2.75) is 12.8 Å². The molecule has 0 atom stereocenters. The second kappa shape index (κ2) is 7.99. The van der Waals surface area contributed by atoms with Crippen LogP contribution in [-0.4, -0.2) is 29.8 Å². The molecule has 0 aromatic heterocycles. The van der Waals surface area contributed by atoms with Gasteiger partial charge in [0.1, 0.15) is 17.3 Å². The van der Waals surface area contributed by atoms with Gasteiger partial charge in [0.15, 0.2) is 0 Å². The second-order valence-corrected chi connectivity index (χ2v) is 7.18. The van der Waals surface area contributed by atoms with Gasteiger partial charge in [0, 0.05) is 24.6 Å². The maximum atomic E-state index is 13.8. The van der Waals surface area contributed by atoms with Gasteiger partial charge < -0.3 is 10.2 Å². The summed E-state index contributed by atoms with van der Waals surface area (Å²) in [5.74, 6) is -2.50. The first-order valence-corrected chi connectivity index (χ1v) is 9.56. The fourth-order valence-electron chi connectivity index (χ4n) is 3.77. The van der Waals surface area contributed by atoms with Crippen LogP contribution in [0.25, 0.3) is 10.8 Å². The lowest BCUT2D eigenvalue weighted by atomic mass is 9.94. The fourth-order valence-corrected chi connectivity index (χ4v) is 3.77. The average Bonchev–Trinajstić information content (AvgIpc) is 2.75. The Hall–Kier alpha value is -3.28. The van der Waals surface area contributed by atoms with E-state index < -0.39 is 29.1 Å². The number of amides is 2. The quantitative estimate of drug-likeness (QED) is 0.705. The van der Waals surface area contributed by atoms with Gasteiger partial charge in [0.2, 0.25) is 5.91 Å². The maximum Gasteiger partial charge on any atom is 0.254 e. The average molecular weight is 394 g/mol. The molecule has 1 heterocycles. The number of nitrogens with one attached hydrogen (secondary N) is 1. The van der Waals surface area contributed by atoms with Gasteiger partial charge in [-0.1, -0.05) is 42.5 Å². The van der Waals surface area contributed by atoms with E-state index in [0.29, 0.717) is 31.5 Å². The van der Waals surface area contributed by atoms with Gasteiger partial charge in [-0.3, -0.25) is 9.59 Å². The van der Waals surface area contributed by atoms with Crippen molar-refractivity contribution in [3.8, 4) is 0 Å². The molecule has 1 saturated heterocycles.